The summed E-state index contributed by atoms with van der Waals surface area (Å²) in [5.41, 5.74) is 4.61. The molecule has 1 N–H and O–H groups in total. The number of amides is 1. The molecule has 1 amide bonds. The molecule has 0 aliphatic carbocycles. The van der Waals surface area contributed by atoms with Crippen LogP contribution in [0.4, 0.5) is 5.82 Å². The van der Waals surface area contributed by atoms with E-state index >= 15 is 0 Å². The number of halogens is 2. The number of hydrogen-bond donors (Lipinski definition) is 1. The number of hydrogen-bond acceptors (Lipinski definition) is 2. The van der Waals surface area contributed by atoms with Gasteiger partial charge in [-0.25, -0.2) is 4.98 Å². The Morgan fingerprint density at radius 1 is 1.17 bits per heavy atom. The monoisotopic (exact) mass is 347 g/mol. The highest BCUT2D eigenvalue weighted by Crippen LogP contribution is 2.30. The van der Waals surface area contributed by atoms with Crippen LogP contribution in [-0.4, -0.2) is 20.1 Å². The molecule has 0 saturated carbocycles. The first-order valence-corrected chi connectivity index (χ1v) is 7.98. The van der Waals surface area contributed by atoms with E-state index in [1.165, 1.54) is 0 Å². The van der Waals surface area contributed by atoms with E-state index in [2.05, 4.69) is 16.4 Å². The zero-order valence-corrected chi connectivity index (χ0v) is 14.2. The van der Waals surface area contributed by atoms with E-state index in [4.69, 9.17) is 23.2 Å². The standard InChI is InChI=1S/C17H15Cl2N3O/c1-10-7-11(2)9-12(8-10)14-16(21-17(23)15(18)19)22-6-4-3-5-13(22)20-14/h3-9,15H,1-2H3,(H,21,23). The van der Waals surface area contributed by atoms with Crippen molar-refractivity contribution >= 4 is 40.6 Å². The van der Waals surface area contributed by atoms with E-state index in [0.29, 0.717) is 11.5 Å². The van der Waals surface area contributed by atoms with Crippen molar-refractivity contribution in [1.29, 1.82) is 0 Å². The van der Waals surface area contributed by atoms with Gasteiger partial charge in [0.2, 0.25) is 0 Å². The molecule has 0 spiro atoms. The second-order valence-electron chi connectivity index (χ2n) is 5.40. The van der Waals surface area contributed by atoms with E-state index in [1.54, 1.807) is 4.40 Å². The Labute approximate surface area is 144 Å². The van der Waals surface area contributed by atoms with E-state index < -0.39 is 10.7 Å². The number of pyridine rings is 1. The van der Waals surface area contributed by atoms with Crippen molar-refractivity contribution in [2.75, 3.05) is 5.32 Å². The molecule has 6 heteroatoms. The van der Waals surface area contributed by atoms with Crippen LogP contribution in [0.1, 0.15) is 11.1 Å². The van der Waals surface area contributed by atoms with Crippen molar-refractivity contribution in [2.45, 2.75) is 18.7 Å². The van der Waals surface area contributed by atoms with Gasteiger partial charge in [-0.2, -0.15) is 0 Å². The number of alkyl halides is 2. The van der Waals surface area contributed by atoms with E-state index in [9.17, 15) is 4.79 Å². The van der Waals surface area contributed by atoms with Crippen LogP contribution >= 0.6 is 23.2 Å². The van der Waals surface area contributed by atoms with Gasteiger partial charge in [-0.15, -0.1) is 0 Å². The quantitative estimate of drug-likeness (QED) is 0.715. The first-order chi connectivity index (χ1) is 11.0. The molecule has 0 bridgehead atoms. The molecule has 2 heterocycles. The van der Waals surface area contributed by atoms with E-state index in [-0.39, 0.29) is 0 Å². The van der Waals surface area contributed by atoms with Crippen LogP contribution in [0.5, 0.6) is 0 Å². The molecule has 3 rings (SSSR count). The van der Waals surface area contributed by atoms with E-state index in [1.807, 2.05) is 50.4 Å². The van der Waals surface area contributed by atoms with Crippen LogP contribution < -0.4 is 5.32 Å². The summed E-state index contributed by atoms with van der Waals surface area (Å²) >= 11 is 11.3. The molecule has 0 radical (unpaired) electrons. The number of carbonyl (C=O) groups is 1. The molecule has 0 unspecified atom stereocenters. The fraction of sp³-hybridized carbons (Fsp3) is 0.176. The number of imidazole rings is 1. The number of nitrogens with one attached hydrogen (secondary N) is 1. The summed E-state index contributed by atoms with van der Waals surface area (Å²) in [5.74, 6) is 0.0755. The second kappa shape index (κ2) is 6.22. The minimum Gasteiger partial charge on any atom is -0.308 e. The van der Waals surface area contributed by atoms with Gasteiger partial charge in [-0.05, 0) is 38.1 Å². The molecule has 0 aliphatic rings. The molecule has 0 atom stereocenters. The molecule has 118 valence electrons. The van der Waals surface area contributed by atoms with Crippen LogP contribution in [-0.2, 0) is 4.79 Å². The van der Waals surface area contributed by atoms with Crippen LogP contribution in [0, 0.1) is 13.8 Å². The van der Waals surface area contributed by atoms with Gasteiger partial charge in [0.15, 0.2) is 4.84 Å². The molecule has 23 heavy (non-hydrogen) atoms. The largest absolute Gasteiger partial charge is 0.308 e. The fourth-order valence-electron chi connectivity index (χ4n) is 2.60. The normalized spacial score (nSPS) is 11.2. The Morgan fingerprint density at radius 2 is 1.87 bits per heavy atom. The lowest BCUT2D eigenvalue weighted by Gasteiger charge is -2.09. The molecule has 0 fully saturated rings. The van der Waals surface area contributed by atoms with Crippen LogP contribution in [0.3, 0.4) is 0 Å². The highest BCUT2D eigenvalue weighted by Gasteiger charge is 2.19. The minimum atomic E-state index is -1.14. The fourth-order valence-corrected chi connectivity index (χ4v) is 2.71. The minimum absolute atomic E-state index is 0.482. The maximum absolute atomic E-state index is 12.0. The summed E-state index contributed by atoms with van der Waals surface area (Å²) in [6, 6.07) is 11.8. The maximum Gasteiger partial charge on any atom is 0.258 e. The predicted octanol–water partition coefficient (Wildman–Crippen LogP) is 4.36. The third-order valence-corrected chi connectivity index (χ3v) is 3.86. The molecule has 0 saturated heterocycles. The van der Waals surface area contributed by atoms with Crippen molar-refractivity contribution in [1.82, 2.24) is 9.38 Å². The van der Waals surface area contributed by atoms with Crippen LogP contribution in [0.25, 0.3) is 16.9 Å². The zero-order chi connectivity index (χ0) is 16.6. The van der Waals surface area contributed by atoms with Gasteiger partial charge in [-0.1, -0.05) is 46.5 Å². The number of rotatable bonds is 3. The van der Waals surface area contributed by atoms with Gasteiger partial charge in [0, 0.05) is 11.8 Å². The summed E-state index contributed by atoms with van der Waals surface area (Å²) < 4.78 is 1.81. The maximum atomic E-state index is 12.0. The smallest absolute Gasteiger partial charge is 0.258 e. The average molecular weight is 348 g/mol. The highest BCUT2D eigenvalue weighted by molar-refractivity contribution is 6.54. The van der Waals surface area contributed by atoms with Crippen molar-refractivity contribution in [2.24, 2.45) is 0 Å². The van der Waals surface area contributed by atoms with Crippen molar-refractivity contribution in [3.8, 4) is 11.3 Å². The average Bonchev–Trinajstić information content (AvgIpc) is 2.85. The number of fused-ring (bicyclic) bond motifs is 1. The highest BCUT2D eigenvalue weighted by atomic mass is 35.5. The lowest BCUT2D eigenvalue weighted by atomic mass is 10.1. The van der Waals surface area contributed by atoms with Gasteiger partial charge in [0.1, 0.15) is 17.2 Å². The second-order valence-corrected chi connectivity index (χ2v) is 6.50. The van der Waals surface area contributed by atoms with Gasteiger partial charge in [0.25, 0.3) is 5.91 Å². The van der Waals surface area contributed by atoms with Crippen molar-refractivity contribution < 1.29 is 4.79 Å². The van der Waals surface area contributed by atoms with E-state index in [0.717, 1.165) is 22.3 Å². The summed E-state index contributed by atoms with van der Waals surface area (Å²) in [7, 11) is 0. The third kappa shape index (κ3) is 3.19. The Bertz CT molecular complexity index is 866. The van der Waals surface area contributed by atoms with Crippen molar-refractivity contribution in [3.63, 3.8) is 0 Å². The number of anilines is 1. The number of carbonyl (C=O) groups excluding carboxylic acids is 1. The first kappa shape index (κ1) is 15.8. The lowest BCUT2D eigenvalue weighted by Crippen LogP contribution is -2.20. The number of benzene rings is 1. The SMILES string of the molecule is Cc1cc(C)cc(-c2nc3ccccn3c2NC(=O)C(Cl)Cl)c1. The molecule has 4 nitrogen and oxygen atoms in total. The molecule has 2 aromatic heterocycles. The van der Waals surface area contributed by atoms with Crippen molar-refractivity contribution in [3.05, 3.63) is 53.7 Å². The zero-order valence-electron chi connectivity index (χ0n) is 12.7. The molecule has 1 aromatic carbocycles. The number of aromatic nitrogens is 2. The topological polar surface area (TPSA) is 46.4 Å². The number of aryl methyl sites for hydroxylation is 2. The first-order valence-electron chi connectivity index (χ1n) is 7.10. The van der Waals surface area contributed by atoms with Crippen LogP contribution in [0.2, 0.25) is 0 Å². The third-order valence-electron chi connectivity index (χ3n) is 3.46. The summed E-state index contributed by atoms with van der Waals surface area (Å²) in [5, 5.41) is 2.77. The summed E-state index contributed by atoms with van der Waals surface area (Å²) in [6.07, 6.45) is 1.83. The number of nitrogens with zero attached hydrogens (tertiary/aromatic N) is 2. The predicted molar refractivity (Wildman–Crippen MR) is 94.2 cm³/mol. The van der Waals surface area contributed by atoms with Gasteiger partial charge >= 0.3 is 0 Å². The van der Waals surface area contributed by atoms with Gasteiger partial charge in [-0.3, -0.25) is 9.20 Å². The van der Waals surface area contributed by atoms with Gasteiger partial charge in [0.05, 0.1) is 0 Å². The molecular weight excluding hydrogens is 333 g/mol. The van der Waals surface area contributed by atoms with Crippen LogP contribution in [0.15, 0.2) is 42.6 Å². The summed E-state index contributed by atoms with van der Waals surface area (Å²) in [4.78, 5) is 15.5. The summed E-state index contributed by atoms with van der Waals surface area (Å²) in [6.45, 7) is 4.05. The molecular formula is C17H15Cl2N3O. The Morgan fingerprint density at radius 3 is 2.52 bits per heavy atom. The molecule has 3 aromatic rings. The Balaban J connectivity index is 2.21. The van der Waals surface area contributed by atoms with Gasteiger partial charge < -0.3 is 5.32 Å². The molecule has 0 aliphatic heterocycles. The lowest BCUT2D eigenvalue weighted by molar-refractivity contribution is -0.114. The Hall–Kier alpha value is -2.04. The Kier molecular flexibility index (Phi) is 4.28.